The highest BCUT2D eigenvalue weighted by Gasteiger charge is 2.49. The van der Waals surface area contributed by atoms with E-state index in [0.29, 0.717) is 24.5 Å². The predicted octanol–water partition coefficient (Wildman–Crippen LogP) is -0.553. The third-order valence-corrected chi connectivity index (χ3v) is 3.63. The van der Waals surface area contributed by atoms with Gasteiger partial charge in [0.05, 0.1) is 12.6 Å². The number of fused-ring (bicyclic) bond motifs is 2. The molecule has 2 bridgehead atoms. The molecule has 21 heavy (non-hydrogen) atoms. The predicted molar refractivity (Wildman–Crippen MR) is 67.8 cm³/mol. The van der Waals surface area contributed by atoms with Crippen LogP contribution in [0.2, 0.25) is 0 Å². The molecule has 0 aromatic heterocycles. The van der Waals surface area contributed by atoms with Gasteiger partial charge in [0.25, 0.3) is 5.91 Å². The number of nitrogens with zero attached hydrogens (tertiary/aromatic N) is 2. The molecule has 2 saturated heterocycles. The summed E-state index contributed by atoms with van der Waals surface area (Å²) in [4.78, 5) is 30.1. The molecule has 2 rings (SSSR count). The average molecular weight is 323 g/mol. The van der Waals surface area contributed by atoms with E-state index in [1.54, 1.807) is 0 Å². The fourth-order valence-electron chi connectivity index (χ4n) is 2.40. The summed E-state index contributed by atoms with van der Waals surface area (Å²) in [7, 11) is -4.78. The van der Waals surface area contributed by atoms with E-state index in [9.17, 15) is 18.0 Å². The first-order valence-corrected chi connectivity index (χ1v) is 7.88. The number of hydrogen-bond donors (Lipinski definition) is 2. The van der Waals surface area contributed by atoms with Crippen molar-refractivity contribution in [2.45, 2.75) is 38.3 Å². The number of hydroxylamine groups is 3. The van der Waals surface area contributed by atoms with Gasteiger partial charge in [-0.3, -0.25) is 14.2 Å². The molecule has 2 N–H and O–H groups in total. The van der Waals surface area contributed by atoms with Gasteiger partial charge in [0.15, 0.2) is 0 Å². The van der Waals surface area contributed by atoms with Gasteiger partial charge in [0.1, 0.15) is 6.04 Å². The van der Waals surface area contributed by atoms with E-state index in [1.165, 1.54) is 4.90 Å². The lowest BCUT2D eigenvalue weighted by Crippen LogP contribution is -2.49. The molecule has 3 amide bonds. The summed E-state index contributed by atoms with van der Waals surface area (Å²) in [5, 5.41) is 0.593. The molecule has 0 radical (unpaired) electrons. The van der Waals surface area contributed by atoms with Crippen LogP contribution in [0.15, 0.2) is 0 Å². The molecule has 120 valence electrons. The van der Waals surface area contributed by atoms with E-state index in [0.717, 1.165) is 6.42 Å². The van der Waals surface area contributed by atoms with Gasteiger partial charge in [-0.2, -0.15) is 13.5 Å². The average Bonchev–Trinajstić information content (AvgIpc) is 2.63. The molecule has 0 aliphatic carbocycles. The number of hydrogen-bond acceptors (Lipinski definition) is 6. The zero-order chi connectivity index (χ0) is 15.6. The summed E-state index contributed by atoms with van der Waals surface area (Å²) in [5.74, 6) is -0.469. The molecular weight excluding hydrogens is 306 g/mol. The quantitative estimate of drug-likeness (QED) is 0.381. The Hall–Kier alpha value is -1.43. The van der Waals surface area contributed by atoms with Crippen LogP contribution in [-0.2, 0) is 24.3 Å². The third kappa shape index (κ3) is 3.61. The number of carbonyl (C=O) groups is 2. The summed E-state index contributed by atoms with van der Waals surface area (Å²) < 4.78 is 34.4. The van der Waals surface area contributed by atoms with Gasteiger partial charge in [-0.15, -0.1) is 4.28 Å². The van der Waals surface area contributed by atoms with Crippen LogP contribution in [0.4, 0.5) is 4.79 Å². The molecule has 10 nitrogen and oxygen atoms in total. The minimum Gasteiger partial charge on any atom is -0.309 e. The van der Waals surface area contributed by atoms with Crippen LogP contribution in [-0.4, -0.2) is 60.1 Å². The SMILES string of the molecule is CCCONC(=O)[C@@H]1CC[C@@H]2CN1C(=O)N2OS(=O)(=O)O. The fraction of sp³-hybridized carbons (Fsp3) is 0.800. The van der Waals surface area contributed by atoms with Crippen molar-refractivity contribution in [1.82, 2.24) is 15.4 Å². The van der Waals surface area contributed by atoms with Gasteiger partial charge in [-0.25, -0.2) is 10.3 Å². The number of urea groups is 1. The van der Waals surface area contributed by atoms with E-state index in [1.807, 2.05) is 6.92 Å². The summed E-state index contributed by atoms with van der Waals surface area (Å²) in [5.41, 5.74) is 2.26. The Morgan fingerprint density at radius 1 is 1.48 bits per heavy atom. The topological polar surface area (TPSA) is 125 Å². The van der Waals surface area contributed by atoms with Crippen molar-refractivity contribution in [3.63, 3.8) is 0 Å². The van der Waals surface area contributed by atoms with E-state index < -0.39 is 34.4 Å². The van der Waals surface area contributed by atoms with Crippen molar-refractivity contribution in [3.8, 4) is 0 Å². The third-order valence-electron chi connectivity index (χ3n) is 3.28. The number of amides is 3. The number of piperidine rings is 1. The lowest BCUT2D eigenvalue weighted by Gasteiger charge is -2.28. The molecule has 2 atom stereocenters. The van der Waals surface area contributed by atoms with Crippen LogP contribution in [0, 0.1) is 0 Å². The van der Waals surface area contributed by atoms with Crippen molar-refractivity contribution in [3.05, 3.63) is 0 Å². The zero-order valence-electron chi connectivity index (χ0n) is 11.4. The van der Waals surface area contributed by atoms with Crippen LogP contribution in [0.3, 0.4) is 0 Å². The van der Waals surface area contributed by atoms with Crippen LogP contribution in [0.5, 0.6) is 0 Å². The Balaban J connectivity index is 2.01. The van der Waals surface area contributed by atoms with E-state index >= 15 is 0 Å². The van der Waals surface area contributed by atoms with Crippen LogP contribution in [0.25, 0.3) is 0 Å². The molecule has 0 spiro atoms. The second kappa shape index (κ2) is 6.13. The van der Waals surface area contributed by atoms with Crippen molar-refractivity contribution < 1.29 is 31.7 Å². The number of carbonyl (C=O) groups excluding carboxylic acids is 2. The first-order valence-electron chi connectivity index (χ1n) is 6.52. The maximum Gasteiger partial charge on any atom is 0.418 e. The molecule has 11 heteroatoms. The van der Waals surface area contributed by atoms with E-state index in [-0.39, 0.29) is 6.54 Å². The van der Waals surface area contributed by atoms with Gasteiger partial charge in [0.2, 0.25) is 0 Å². The molecular formula is C10H17N3O7S. The number of nitrogens with one attached hydrogen (secondary N) is 1. The summed E-state index contributed by atoms with van der Waals surface area (Å²) in [6.45, 7) is 2.39. The smallest absolute Gasteiger partial charge is 0.309 e. The van der Waals surface area contributed by atoms with Crippen LogP contribution >= 0.6 is 0 Å². The maximum absolute atomic E-state index is 12.0. The van der Waals surface area contributed by atoms with Crippen molar-refractivity contribution in [2.75, 3.05) is 13.2 Å². The minimum atomic E-state index is -4.78. The van der Waals surface area contributed by atoms with Gasteiger partial charge >= 0.3 is 16.4 Å². The van der Waals surface area contributed by atoms with E-state index in [2.05, 4.69) is 9.76 Å². The molecule has 2 heterocycles. The summed E-state index contributed by atoms with van der Waals surface area (Å²) in [6.07, 6.45) is 1.46. The highest BCUT2D eigenvalue weighted by molar-refractivity contribution is 7.80. The van der Waals surface area contributed by atoms with E-state index in [4.69, 9.17) is 9.39 Å². The van der Waals surface area contributed by atoms with Crippen molar-refractivity contribution in [2.24, 2.45) is 0 Å². The largest absolute Gasteiger partial charge is 0.418 e. The maximum atomic E-state index is 12.0. The normalized spacial score (nSPS) is 25.3. The highest BCUT2D eigenvalue weighted by Crippen LogP contribution is 2.30. The summed E-state index contributed by atoms with van der Waals surface area (Å²) in [6, 6.07) is -2.04. The molecule has 0 aromatic carbocycles. The highest BCUT2D eigenvalue weighted by atomic mass is 32.3. The molecule has 0 aromatic rings. The second-order valence-electron chi connectivity index (χ2n) is 4.82. The van der Waals surface area contributed by atoms with Crippen LogP contribution in [0.1, 0.15) is 26.2 Å². The summed E-state index contributed by atoms with van der Waals surface area (Å²) >= 11 is 0. The Bertz CT molecular complexity index is 523. The molecule has 2 aliphatic rings. The molecule has 0 saturated carbocycles. The minimum absolute atomic E-state index is 0.153. The van der Waals surface area contributed by atoms with Crippen LogP contribution < -0.4 is 5.48 Å². The monoisotopic (exact) mass is 323 g/mol. The Morgan fingerprint density at radius 2 is 2.19 bits per heavy atom. The Kier molecular flexibility index (Phi) is 4.66. The fourth-order valence-corrected chi connectivity index (χ4v) is 2.78. The van der Waals surface area contributed by atoms with Gasteiger partial charge < -0.3 is 4.90 Å². The lowest BCUT2D eigenvalue weighted by molar-refractivity contribution is -0.138. The Morgan fingerprint density at radius 3 is 2.81 bits per heavy atom. The first-order chi connectivity index (χ1) is 9.83. The number of rotatable bonds is 6. The molecule has 0 unspecified atom stereocenters. The Labute approximate surface area is 121 Å². The first kappa shape index (κ1) is 15.9. The molecule has 2 aliphatic heterocycles. The standard InChI is InChI=1S/C10H17N3O7S/c1-2-5-19-11-9(14)8-4-3-7-6-12(8)10(15)13(7)20-21(16,17)18/h7-8H,2-6H2,1H3,(H,11,14)(H,16,17,18)/t7-,8+/m1/s1. The second-order valence-corrected chi connectivity index (χ2v) is 5.83. The molecule has 2 fully saturated rings. The van der Waals surface area contributed by atoms with Crippen molar-refractivity contribution in [1.29, 1.82) is 0 Å². The zero-order valence-corrected chi connectivity index (χ0v) is 12.2. The van der Waals surface area contributed by atoms with Crippen molar-refractivity contribution >= 4 is 22.3 Å². The van der Waals surface area contributed by atoms with Gasteiger partial charge in [0, 0.05) is 6.54 Å². The lowest BCUT2D eigenvalue weighted by atomic mass is 10.0. The van der Waals surface area contributed by atoms with Gasteiger partial charge in [-0.1, -0.05) is 6.92 Å². The van der Waals surface area contributed by atoms with Gasteiger partial charge in [-0.05, 0) is 19.3 Å².